The van der Waals surface area contributed by atoms with E-state index in [1.165, 1.54) is 24.3 Å². The van der Waals surface area contributed by atoms with Crippen LogP contribution >= 0.6 is 12.6 Å². The van der Waals surface area contributed by atoms with E-state index in [1.807, 2.05) is 43.3 Å². The number of carboxylic acids is 1. The van der Waals surface area contributed by atoms with Gasteiger partial charge >= 0.3 is 11.9 Å². The van der Waals surface area contributed by atoms with Crippen molar-refractivity contribution in [2.75, 3.05) is 12.3 Å². The number of amides is 6. The van der Waals surface area contributed by atoms with Gasteiger partial charge in [-0.2, -0.15) is 12.6 Å². The van der Waals surface area contributed by atoms with Crippen LogP contribution < -0.4 is 32.7 Å². The third kappa shape index (κ3) is 16.5. The summed E-state index contributed by atoms with van der Waals surface area (Å²) in [6.07, 6.45) is 0.787. The first kappa shape index (κ1) is 53.9. The molecule has 0 aliphatic rings. The summed E-state index contributed by atoms with van der Waals surface area (Å²) in [4.78, 5) is 109. The zero-order valence-electron chi connectivity index (χ0n) is 37.6. The molecular weight excluding hydrogens is 871 g/mol. The molecule has 19 heteroatoms. The zero-order valence-corrected chi connectivity index (χ0v) is 38.5. The van der Waals surface area contributed by atoms with E-state index in [-0.39, 0.29) is 44.0 Å². The number of ether oxygens (including phenoxy) is 1. The number of phenols is 1. The molecule has 0 radical (unpaired) electrons. The summed E-state index contributed by atoms with van der Waals surface area (Å²) < 4.78 is 5.90. The normalized spacial score (nSPS) is 14.3. The predicted molar refractivity (Wildman–Crippen MR) is 248 cm³/mol. The molecular formula is C47H63N7O11S. The lowest BCUT2D eigenvalue weighted by Gasteiger charge is -2.40. The molecule has 66 heavy (non-hydrogen) atoms. The number of carbonyl (C=O) groups is 8. The highest BCUT2D eigenvalue weighted by molar-refractivity contribution is 7.80. The van der Waals surface area contributed by atoms with E-state index in [1.54, 1.807) is 43.0 Å². The van der Waals surface area contributed by atoms with Crippen molar-refractivity contribution < 1.29 is 53.3 Å². The third-order valence-corrected chi connectivity index (χ3v) is 11.5. The highest BCUT2D eigenvalue weighted by Crippen LogP contribution is 2.26. The predicted octanol–water partition coefficient (Wildman–Crippen LogP) is 2.25. The van der Waals surface area contributed by atoms with Gasteiger partial charge < -0.3 is 47.7 Å². The largest absolute Gasteiger partial charge is 0.508 e. The molecule has 18 nitrogen and oxygen atoms in total. The molecule has 3 aromatic carbocycles. The van der Waals surface area contributed by atoms with Crippen LogP contribution in [0.15, 0.2) is 84.9 Å². The van der Waals surface area contributed by atoms with Gasteiger partial charge in [0.15, 0.2) is 0 Å². The number of phenolic OH excluding ortho intramolecular Hbond substituents is 1. The van der Waals surface area contributed by atoms with Crippen LogP contribution in [0.4, 0.5) is 0 Å². The number of hydrogen-bond donors (Lipinski definition) is 9. The summed E-state index contributed by atoms with van der Waals surface area (Å²) in [6, 6.07) is 17.8. The molecule has 0 aromatic heterocycles. The smallest absolute Gasteiger partial charge is 0.337 e. The fourth-order valence-electron chi connectivity index (χ4n) is 7.01. The molecule has 6 amide bonds. The number of aromatic hydroxyl groups is 1. The van der Waals surface area contributed by atoms with Gasteiger partial charge in [0.25, 0.3) is 5.91 Å². The number of rotatable bonds is 29. The molecule has 0 aliphatic carbocycles. The number of primary amides is 2. The summed E-state index contributed by atoms with van der Waals surface area (Å²) in [5.41, 5.74) is 10.3. The van der Waals surface area contributed by atoms with Crippen LogP contribution in [-0.4, -0.2) is 104 Å². The van der Waals surface area contributed by atoms with Crippen molar-refractivity contribution in [3.63, 3.8) is 0 Å². The second-order valence-corrected chi connectivity index (χ2v) is 16.4. The fourth-order valence-corrected chi connectivity index (χ4v) is 7.48. The molecule has 0 bridgehead atoms. The Hall–Kier alpha value is -6.47. The number of nitrogens with zero attached hydrogens (tertiary/aromatic N) is 1. The molecule has 0 spiro atoms. The molecule has 10 N–H and O–H groups in total. The summed E-state index contributed by atoms with van der Waals surface area (Å²) in [5.74, 6) is -9.13. The summed E-state index contributed by atoms with van der Waals surface area (Å²) in [6.45, 7) is 5.64. The summed E-state index contributed by atoms with van der Waals surface area (Å²) >= 11 is 4.64. The van der Waals surface area contributed by atoms with Crippen molar-refractivity contribution in [2.24, 2.45) is 17.4 Å². The van der Waals surface area contributed by atoms with Gasteiger partial charge in [0, 0.05) is 31.7 Å². The maximum absolute atomic E-state index is 15.2. The Labute approximate surface area is 390 Å². The first-order chi connectivity index (χ1) is 31.4. The monoisotopic (exact) mass is 933 g/mol. The minimum absolute atomic E-state index is 0.0598. The molecule has 0 fully saturated rings. The molecule has 5 unspecified atom stereocenters. The Morgan fingerprint density at radius 2 is 1.32 bits per heavy atom. The van der Waals surface area contributed by atoms with Crippen LogP contribution in [-0.2, 0) is 62.7 Å². The number of unbranched alkanes of at least 4 members (excludes halogenated alkanes) is 2. The lowest BCUT2D eigenvalue weighted by atomic mass is 9.94. The number of aliphatic carboxylic acids is 1. The maximum Gasteiger partial charge on any atom is 0.337 e. The maximum atomic E-state index is 15.2. The van der Waals surface area contributed by atoms with Crippen molar-refractivity contribution in [1.29, 1.82) is 0 Å². The number of thiol groups is 1. The highest BCUT2D eigenvalue weighted by atomic mass is 32.1. The Morgan fingerprint density at radius 3 is 1.86 bits per heavy atom. The van der Waals surface area contributed by atoms with Crippen LogP contribution in [0.25, 0.3) is 0 Å². The van der Waals surface area contributed by atoms with E-state index < -0.39 is 95.8 Å². The Balaban J connectivity index is 2.10. The number of nitrogens with two attached hydrogens (primary N) is 2. The summed E-state index contributed by atoms with van der Waals surface area (Å²) in [5, 5.41) is 29.8. The zero-order chi connectivity index (χ0) is 48.8. The molecule has 0 saturated carbocycles. The number of carbonyl (C=O) groups excluding carboxylic acids is 7. The van der Waals surface area contributed by atoms with Gasteiger partial charge in [-0.15, -0.1) is 0 Å². The fraction of sp³-hybridized carbons (Fsp3) is 0.447. The van der Waals surface area contributed by atoms with Crippen LogP contribution in [0, 0.1) is 5.92 Å². The third-order valence-electron chi connectivity index (χ3n) is 11.1. The van der Waals surface area contributed by atoms with Crippen molar-refractivity contribution >= 4 is 60.0 Å². The lowest BCUT2D eigenvalue weighted by Crippen LogP contribution is -2.68. The van der Waals surface area contributed by atoms with E-state index >= 15 is 4.79 Å². The number of benzene rings is 3. The van der Waals surface area contributed by atoms with Gasteiger partial charge in [-0.1, -0.05) is 113 Å². The van der Waals surface area contributed by atoms with E-state index in [2.05, 4.69) is 33.9 Å². The second-order valence-electron chi connectivity index (χ2n) is 16.1. The summed E-state index contributed by atoms with van der Waals surface area (Å²) in [7, 11) is 0. The average Bonchev–Trinajstić information content (AvgIpc) is 3.29. The Morgan fingerprint density at radius 1 is 0.727 bits per heavy atom. The average molecular weight is 934 g/mol. The van der Waals surface area contributed by atoms with Crippen molar-refractivity contribution in [3.05, 3.63) is 102 Å². The lowest BCUT2D eigenvalue weighted by molar-refractivity contribution is -0.165. The van der Waals surface area contributed by atoms with Crippen LogP contribution in [0.5, 0.6) is 5.75 Å². The number of nitrogens with one attached hydrogen (secondary N) is 4. The second kappa shape index (κ2) is 27.1. The van der Waals surface area contributed by atoms with Gasteiger partial charge in [0.05, 0.1) is 6.42 Å². The van der Waals surface area contributed by atoms with E-state index in [9.17, 15) is 43.8 Å². The van der Waals surface area contributed by atoms with Gasteiger partial charge in [0.1, 0.15) is 36.5 Å². The molecule has 0 heterocycles. The molecule has 6 atom stereocenters. The van der Waals surface area contributed by atoms with E-state index in [4.69, 9.17) is 16.2 Å². The van der Waals surface area contributed by atoms with Crippen LogP contribution in [0.1, 0.15) is 82.4 Å². The van der Waals surface area contributed by atoms with Crippen molar-refractivity contribution in [1.82, 2.24) is 26.2 Å². The van der Waals surface area contributed by atoms with E-state index in [0.717, 1.165) is 18.4 Å². The molecule has 0 saturated heterocycles. The SMILES string of the molecule is CCCCCN(Cc1ccccc1)[C@@](CS)(C(=O)NC(Cc1ccc(O)cc1)C(=O)NC(C(=O)NC(CCC(N)=O)C(=O)NC(CC(N)=O)C(=O)O)C(C)CC)C(=O)OCc1ccccc1. The topological polar surface area (TPSA) is 290 Å². The number of carboxylic acid groups (broad SMARTS) is 1. The quantitative estimate of drug-likeness (QED) is 0.0210. The first-order valence-electron chi connectivity index (χ1n) is 21.9. The van der Waals surface area contributed by atoms with Gasteiger partial charge in [-0.05, 0) is 47.6 Å². The molecule has 0 aliphatic heterocycles. The standard InChI is InChI=1S/C47H63N7O11S/c1-4-6-13-24-54(27-32-14-9-7-10-15-32)47(29-66,46(64)65-28-33-16-11-8-12-17-33)45(63)52-36(25-31-18-20-34(55)21-19-31)42(59)53-40(30(3)5-2)43(60)50-35(22-23-38(48)56)41(58)51-37(44(61)62)26-39(49)57/h7-12,14-21,30,35-37,40,55,66H,4-6,13,22-29H2,1-3H3,(H2,48,56)(H2,49,57)(H,50,60)(H,51,58)(H,52,63)(H,53,59)(H,61,62)/t30?,35?,36?,37?,40?,47-/m0/s1. The van der Waals surface area contributed by atoms with Gasteiger partial charge in [-0.3, -0.25) is 33.7 Å². The van der Waals surface area contributed by atoms with Gasteiger partial charge in [0.2, 0.25) is 35.1 Å². The number of hydrogen-bond acceptors (Lipinski definition) is 12. The Bertz CT molecular complexity index is 2100. The number of esters is 1. The first-order valence-corrected chi connectivity index (χ1v) is 22.5. The minimum atomic E-state index is -2.11. The van der Waals surface area contributed by atoms with Gasteiger partial charge in [-0.25, -0.2) is 9.59 Å². The van der Waals surface area contributed by atoms with Crippen LogP contribution in [0.2, 0.25) is 0 Å². The minimum Gasteiger partial charge on any atom is -0.508 e. The van der Waals surface area contributed by atoms with E-state index in [0.29, 0.717) is 24.0 Å². The molecule has 358 valence electrons. The Kier molecular flexibility index (Phi) is 22.1. The highest BCUT2D eigenvalue weighted by Gasteiger charge is 2.52. The van der Waals surface area contributed by atoms with Crippen LogP contribution in [0.3, 0.4) is 0 Å². The van der Waals surface area contributed by atoms with Crippen molar-refractivity contribution in [2.45, 2.75) is 115 Å². The molecule has 3 aromatic rings. The molecule has 3 rings (SSSR count). The van der Waals surface area contributed by atoms with Crippen molar-refractivity contribution in [3.8, 4) is 5.75 Å².